The topological polar surface area (TPSA) is 114 Å². The Hall–Kier alpha value is -2.55. The van der Waals surface area contributed by atoms with Crippen LogP contribution in [0.4, 0.5) is 10.5 Å². The fourth-order valence-electron chi connectivity index (χ4n) is 3.13. The van der Waals surface area contributed by atoms with Crippen LogP contribution in [-0.4, -0.2) is 41.7 Å². The van der Waals surface area contributed by atoms with E-state index in [0.29, 0.717) is 17.9 Å². The zero-order valence-corrected chi connectivity index (χ0v) is 16.4. The molecule has 1 aliphatic carbocycles. The second-order valence-electron chi connectivity index (χ2n) is 6.85. The van der Waals surface area contributed by atoms with Gasteiger partial charge in [0.2, 0.25) is 5.91 Å². The first-order valence-electron chi connectivity index (χ1n) is 9.31. The number of ether oxygens (including phenoxy) is 1. The predicted molar refractivity (Wildman–Crippen MR) is 104 cm³/mol. The number of benzene rings is 1. The molecule has 0 saturated heterocycles. The van der Waals surface area contributed by atoms with E-state index in [2.05, 4.69) is 16.0 Å². The molecule has 9 heteroatoms. The zero-order valence-electron chi connectivity index (χ0n) is 15.6. The van der Waals surface area contributed by atoms with E-state index in [1.807, 2.05) is 0 Å². The number of esters is 1. The Morgan fingerprint density at radius 1 is 1.25 bits per heavy atom. The minimum Gasteiger partial charge on any atom is -0.449 e. The molecule has 0 bridgehead atoms. The third-order valence-electron chi connectivity index (χ3n) is 4.66. The summed E-state index contributed by atoms with van der Waals surface area (Å²) in [6.45, 7) is 1.40. The third-order valence-corrected chi connectivity index (χ3v) is 5.73. The first-order chi connectivity index (χ1) is 13.4. The molecule has 0 aromatic heterocycles. The minimum absolute atomic E-state index is 0.0818. The smallest absolute Gasteiger partial charge is 0.338 e. The van der Waals surface area contributed by atoms with Gasteiger partial charge in [-0.2, -0.15) is 0 Å². The van der Waals surface area contributed by atoms with E-state index in [4.69, 9.17) is 4.74 Å². The van der Waals surface area contributed by atoms with Gasteiger partial charge in [-0.25, -0.2) is 9.59 Å². The lowest BCUT2D eigenvalue weighted by Crippen LogP contribution is -2.47. The number of nitrogens with one attached hydrogen (secondary N) is 3. The molecule has 1 aliphatic heterocycles. The summed E-state index contributed by atoms with van der Waals surface area (Å²) in [7, 11) is 0. The van der Waals surface area contributed by atoms with Crippen LogP contribution in [0.2, 0.25) is 0 Å². The average Bonchev–Trinajstić information content (AvgIpc) is 3.07. The first kappa shape index (κ1) is 20.2. The van der Waals surface area contributed by atoms with Gasteiger partial charge < -0.3 is 15.4 Å². The lowest BCUT2D eigenvalue weighted by molar-refractivity contribution is -0.127. The van der Waals surface area contributed by atoms with E-state index >= 15 is 0 Å². The van der Waals surface area contributed by atoms with Gasteiger partial charge >= 0.3 is 12.0 Å². The fourth-order valence-corrected chi connectivity index (χ4v) is 4.07. The van der Waals surface area contributed by atoms with Crippen LogP contribution in [0.15, 0.2) is 23.1 Å². The summed E-state index contributed by atoms with van der Waals surface area (Å²) in [6, 6.07) is 4.36. The number of carbonyl (C=O) groups excluding carboxylic acids is 4. The molecule has 8 nitrogen and oxygen atoms in total. The normalized spacial score (nSPS) is 17.7. The highest BCUT2D eigenvalue weighted by atomic mass is 32.2. The summed E-state index contributed by atoms with van der Waals surface area (Å²) in [5, 5.41) is 7.70. The Morgan fingerprint density at radius 3 is 2.75 bits per heavy atom. The Labute approximate surface area is 167 Å². The molecule has 0 radical (unpaired) electrons. The largest absolute Gasteiger partial charge is 0.449 e. The molecule has 1 aromatic rings. The highest BCUT2D eigenvalue weighted by molar-refractivity contribution is 7.99. The zero-order chi connectivity index (χ0) is 20.1. The summed E-state index contributed by atoms with van der Waals surface area (Å²) >= 11 is 1.53. The molecule has 1 fully saturated rings. The lowest BCUT2D eigenvalue weighted by atomic mass is 10.2. The maximum Gasteiger partial charge on any atom is 0.338 e. The number of rotatable bonds is 4. The fraction of sp³-hybridized carbons (Fsp3) is 0.474. The van der Waals surface area contributed by atoms with Crippen molar-refractivity contribution >= 4 is 41.3 Å². The molecule has 2 aliphatic rings. The summed E-state index contributed by atoms with van der Waals surface area (Å²) < 4.78 is 5.17. The van der Waals surface area contributed by atoms with Crippen LogP contribution in [0.25, 0.3) is 0 Å². The van der Waals surface area contributed by atoms with Crippen LogP contribution in [0, 0.1) is 0 Å². The van der Waals surface area contributed by atoms with E-state index in [1.165, 1.54) is 24.8 Å². The third kappa shape index (κ3) is 5.25. The monoisotopic (exact) mass is 405 g/mol. The van der Waals surface area contributed by atoms with Crippen LogP contribution in [0.5, 0.6) is 0 Å². The van der Waals surface area contributed by atoms with Crippen molar-refractivity contribution < 1.29 is 23.9 Å². The number of amides is 4. The van der Waals surface area contributed by atoms with Crippen LogP contribution < -0.4 is 16.0 Å². The van der Waals surface area contributed by atoms with Gasteiger partial charge in [-0.15, -0.1) is 11.8 Å². The summed E-state index contributed by atoms with van der Waals surface area (Å²) in [6.07, 6.45) is 3.20. The molecule has 1 saturated carbocycles. The second kappa shape index (κ2) is 9.09. The molecule has 1 atom stereocenters. The number of fused-ring (bicyclic) bond motifs is 1. The van der Waals surface area contributed by atoms with Gasteiger partial charge in [0.1, 0.15) is 0 Å². The summed E-state index contributed by atoms with van der Waals surface area (Å²) in [4.78, 5) is 48.9. The van der Waals surface area contributed by atoms with Crippen LogP contribution in [0.3, 0.4) is 0 Å². The SMILES string of the molecule is C[C@H](OC(=O)c1ccc2c(c1)NC(=O)CCS2)C(=O)NC(=O)NC1CCCC1. The summed E-state index contributed by atoms with van der Waals surface area (Å²) in [5.41, 5.74) is 0.770. The Kier molecular flexibility index (Phi) is 6.56. The maximum atomic E-state index is 12.4. The molecule has 1 heterocycles. The maximum absolute atomic E-state index is 12.4. The van der Waals surface area contributed by atoms with Gasteiger partial charge in [0.25, 0.3) is 5.91 Å². The van der Waals surface area contributed by atoms with Crippen LogP contribution in [0.1, 0.15) is 49.4 Å². The minimum atomic E-state index is -1.13. The molecule has 3 rings (SSSR count). The molecular weight excluding hydrogens is 382 g/mol. The molecule has 0 spiro atoms. The van der Waals surface area contributed by atoms with Crippen molar-refractivity contribution in [1.29, 1.82) is 0 Å². The quantitative estimate of drug-likeness (QED) is 0.663. The van der Waals surface area contributed by atoms with Crippen LogP contribution in [-0.2, 0) is 14.3 Å². The van der Waals surface area contributed by atoms with Gasteiger partial charge in [-0.05, 0) is 38.0 Å². The van der Waals surface area contributed by atoms with Crippen molar-refractivity contribution in [3.63, 3.8) is 0 Å². The Bertz CT molecular complexity index is 792. The van der Waals surface area contributed by atoms with E-state index in [-0.39, 0.29) is 17.5 Å². The predicted octanol–water partition coefficient (Wildman–Crippen LogP) is 2.43. The van der Waals surface area contributed by atoms with Crippen molar-refractivity contribution in [3.8, 4) is 0 Å². The van der Waals surface area contributed by atoms with Gasteiger partial charge in [-0.3, -0.25) is 14.9 Å². The highest BCUT2D eigenvalue weighted by Gasteiger charge is 2.24. The first-order valence-corrected chi connectivity index (χ1v) is 10.3. The molecule has 150 valence electrons. The highest BCUT2D eigenvalue weighted by Crippen LogP contribution is 2.31. The molecule has 1 aromatic carbocycles. The van der Waals surface area contributed by atoms with E-state index < -0.39 is 24.0 Å². The summed E-state index contributed by atoms with van der Waals surface area (Å²) in [5.74, 6) is -0.839. The van der Waals surface area contributed by atoms with Gasteiger partial charge in [0, 0.05) is 23.1 Å². The molecule has 3 N–H and O–H groups in total. The van der Waals surface area contributed by atoms with Crippen molar-refractivity contribution in [3.05, 3.63) is 23.8 Å². The molecule has 0 unspecified atom stereocenters. The standard InChI is InChI=1S/C19H23N3O5S/c1-11(17(24)22-19(26)20-13-4-2-3-5-13)27-18(25)12-6-7-15-14(10-12)21-16(23)8-9-28-15/h6-7,10-11,13H,2-5,8-9H2,1H3,(H,21,23)(H2,20,22,24,26)/t11-/m0/s1. The second-order valence-corrected chi connectivity index (χ2v) is 7.99. The Morgan fingerprint density at radius 2 is 2.00 bits per heavy atom. The number of thioether (sulfide) groups is 1. The molecule has 28 heavy (non-hydrogen) atoms. The number of hydrogen-bond acceptors (Lipinski definition) is 6. The van der Waals surface area contributed by atoms with Gasteiger partial charge in [0.05, 0.1) is 11.3 Å². The van der Waals surface area contributed by atoms with Crippen molar-refractivity contribution in [1.82, 2.24) is 10.6 Å². The Balaban J connectivity index is 1.55. The van der Waals surface area contributed by atoms with Gasteiger partial charge in [0.15, 0.2) is 6.10 Å². The van der Waals surface area contributed by atoms with E-state index in [0.717, 1.165) is 30.6 Å². The number of carbonyl (C=O) groups is 4. The number of anilines is 1. The lowest BCUT2D eigenvalue weighted by Gasteiger charge is -2.16. The molecule has 4 amide bonds. The van der Waals surface area contributed by atoms with Crippen molar-refractivity contribution in [2.24, 2.45) is 0 Å². The van der Waals surface area contributed by atoms with E-state index in [9.17, 15) is 19.2 Å². The number of urea groups is 1. The van der Waals surface area contributed by atoms with Crippen molar-refractivity contribution in [2.75, 3.05) is 11.1 Å². The molecular formula is C19H23N3O5S. The number of hydrogen-bond donors (Lipinski definition) is 3. The van der Waals surface area contributed by atoms with Gasteiger partial charge in [-0.1, -0.05) is 12.8 Å². The van der Waals surface area contributed by atoms with E-state index in [1.54, 1.807) is 12.1 Å². The van der Waals surface area contributed by atoms with Crippen LogP contribution >= 0.6 is 11.8 Å². The number of imide groups is 1. The average molecular weight is 405 g/mol. The van der Waals surface area contributed by atoms with Crippen molar-refractivity contribution in [2.45, 2.75) is 56.1 Å².